The van der Waals surface area contributed by atoms with E-state index in [2.05, 4.69) is 31.9 Å². The SMILES string of the molecule is CC(C)C[C@H](C(=O)OCC(=O)c1cccc([N+](=O)[O-])c1)N1C(=O)[C@@H]2[C@H]3C[C@@H]([C@@H](Br)[C@H]3Br)[C@H]2C1=O. The Balaban J connectivity index is 1.50. The van der Waals surface area contributed by atoms with Crippen LogP contribution in [-0.4, -0.2) is 55.7 Å². The van der Waals surface area contributed by atoms with Gasteiger partial charge in [-0.1, -0.05) is 57.8 Å². The van der Waals surface area contributed by atoms with Crippen molar-refractivity contribution in [2.75, 3.05) is 6.61 Å². The zero-order chi connectivity index (χ0) is 24.9. The first-order chi connectivity index (χ1) is 16.0. The normalized spacial score (nSPS) is 30.6. The minimum atomic E-state index is -1.12. The number of non-ortho nitro benzene ring substituents is 1. The molecule has 34 heavy (non-hydrogen) atoms. The number of esters is 1. The van der Waals surface area contributed by atoms with Crippen molar-refractivity contribution >= 4 is 61.1 Å². The van der Waals surface area contributed by atoms with Gasteiger partial charge in [-0.2, -0.15) is 0 Å². The molecule has 1 aliphatic heterocycles. The number of carbonyl (C=O) groups excluding carboxylic acids is 4. The first-order valence-electron chi connectivity index (χ1n) is 11.1. The van der Waals surface area contributed by atoms with E-state index < -0.39 is 41.2 Å². The molecule has 0 N–H and O–H groups in total. The van der Waals surface area contributed by atoms with Gasteiger partial charge >= 0.3 is 5.97 Å². The van der Waals surface area contributed by atoms with Crippen LogP contribution in [0.1, 0.15) is 37.0 Å². The number of rotatable bonds is 8. The van der Waals surface area contributed by atoms with Crippen LogP contribution in [0.3, 0.4) is 0 Å². The standard InChI is InChI=1S/C23H24Br2N2O7/c1-10(2)6-15(23(31)34-9-16(28)11-4-3-5-12(7-11)27(32)33)26-21(29)17-13-8-14(18(17)22(26)30)20(25)19(13)24/h3-5,7,10,13-15,17-20H,6,8-9H2,1-2H3/t13-,14-,15-,17-,18-,19-,20+/m1/s1. The van der Waals surface area contributed by atoms with Crippen LogP contribution in [0.25, 0.3) is 0 Å². The highest BCUT2D eigenvalue weighted by Crippen LogP contribution is 2.60. The number of fused-ring (bicyclic) bond motifs is 5. The van der Waals surface area contributed by atoms with Crippen molar-refractivity contribution < 1.29 is 28.8 Å². The van der Waals surface area contributed by atoms with Gasteiger partial charge in [-0.25, -0.2) is 4.79 Å². The van der Waals surface area contributed by atoms with E-state index in [-0.39, 0.29) is 56.9 Å². The molecule has 0 radical (unpaired) electrons. The molecule has 0 spiro atoms. The van der Waals surface area contributed by atoms with Crippen LogP contribution < -0.4 is 0 Å². The van der Waals surface area contributed by atoms with Crippen molar-refractivity contribution in [3.8, 4) is 0 Å². The number of hydrogen-bond acceptors (Lipinski definition) is 7. The summed E-state index contributed by atoms with van der Waals surface area (Å²) in [5, 5.41) is 10.9. The van der Waals surface area contributed by atoms with Crippen molar-refractivity contribution in [1.82, 2.24) is 4.90 Å². The maximum absolute atomic E-state index is 13.4. The average Bonchev–Trinajstić information content (AvgIpc) is 3.40. The van der Waals surface area contributed by atoms with Gasteiger partial charge in [0.15, 0.2) is 6.61 Å². The molecule has 1 aromatic rings. The Morgan fingerprint density at radius 1 is 1.15 bits per heavy atom. The number of ketones is 1. The van der Waals surface area contributed by atoms with Crippen molar-refractivity contribution in [1.29, 1.82) is 0 Å². The molecule has 2 saturated carbocycles. The van der Waals surface area contributed by atoms with Gasteiger partial charge in [-0.15, -0.1) is 0 Å². The van der Waals surface area contributed by atoms with Crippen LogP contribution in [0.15, 0.2) is 24.3 Å². The van der Waals surface area contributed by atoms with E-state index >= 15 is 0 Å². The number of ether oxygens (including phenoxy) is 1. The monoisotopic (exact) mass is 598 g/mol. The molecule has 3 aliphatic rings. The third-order valence-corrected chi connectivity index (χ3v) is 10.2. The number of Topliss-reactive ketones (excluding diaryl/α,β-unsaturated/α-hetero) is 1. The third kappa shape index (κ3) is 4.21. The summed E-state index contributed by atoms with van der Waals surface area (Å²) < 4.78 is 5.24. The van der Waals surface area contributed by atoms with Gasteiger partial charge in [0.25, 0.3) is 5.69 Å². The van der Waals surface area contributed by atoms with Crippen LogP contribution in [0.5, 0.6) is 0 Å². The second-order valence-corrected chi connectivity index (χ2v) is 11.6. The number of benzene rings is 1. The lowest BCUT2D eigenvalue weighted by Crippen LogP contribution is -2.48. The molecule has 2 amide bonds. The van der Waals surface area contributed by atoms with Gasteiger partial charge in [0, 0.05) is 27.4 Å². The maximum atomic E-state index is 13.4. The highest BCUT2D eigenvalue weighted by molar-refractivity contribution is 9.12. The summed E-state index contributed by atoms with van der Waals surface area (Å²) >= 11 is 7.30. The summed E-state index contributed by atoms with van der Waals surface area (Å²) in [5.74, 6) is -3.02. The van der Waals surface area contributed by atoms with E-state index in [4.69, 9.17) is 4.74 Å². The number of likely N-dealkylation sites (tertiary alicyclic amines) is 1. The minimum absolute atomic E-state index is 0.0179. The molecular formula is C23H24Br2N2O7. The Morgan fingerprint density at radius 2 is 1.74 bits per heavy atom. The first kappa shape index (κ1) is 25.0. The van der Waals surface area contributed by atoms with Crippen molar-refractivity contribution in [3.05, 3.63) is 39.9 Å². The Hall–Kier alpha value is -2.14. The molecule has 2 aliphatic carbocycles. The van der Waals surface area contributed by atoms with E-state index in [1.807, 2.05) is 13.8 Å². The largest absolute Gasteiger partial charge is 0.456 e. The highest BCUT2D eigenvalue weighted by Gasteiger charge is 2.67. The van der Waals surface area contributed by atoms with Crippen molar-refractivity contribution in [3.63, 3.8) is 0 Å². The molecule has 182 valence electrons. The number of imide groups is 1. The second kappa shape index (κ2) is 9.49. The second-order valence-electron chi connectivity index (χ2n) is 9.53. The molecule has 9 nitrogen and oxygen atoms in total. The van der Waals surface area contributed by atoms with Crippen LogP contribution in [0, 0.1) is 39.7 Å². The predicted octanol–water partition coefficient (Wildman–Crippen LogP) is 3.51. The smallest absolute Gasteiger partial charge is 0.329 e. The van der Waals surface area contributed by atoms with E-state index in [0.717, 1.165) is 17.4 Å². The number of carbonyl (C=O) groups is 4. The van der Waals surface area contributed by atoms with Gasteiger partial charge in [0.2, 0.25) is 17.6 Å². The summed E-state index contributed by atoms with van der Waals surface area (Å²) in [5.41, 5.74) is -0.215. The van der Waals surface area contributed by atoms with Crippen molar-refractivity contribution in [2.24, 2.45) is 29.6 Å². The maximum Gasteiger partial charge on any atom is 0.329 e. The van der Waals surface area contributed by atoms with Crippen LogP contribution in [-0.2, 0) is 19.1 Å². The molecule has 2 bridgehead atoms. The summed E-state index contributed by atoms with van der Waals surface area (Å²) in [6, 6.07) is 4.01. The van der Waals surface area contributed by atoms with E-state index in [1.54, 1.807) is 0 Å². The molecule has 11 heteroatoms. The van der Waals surface area contributed by atoms with Crippen LogP contribution >= 0.6 is 31.9 Å². The summed E-state index contributed by atoms with van der Waals surface area (Å²) in [6.07, 6.45) is 0.995. The number of nitro groups is 1. The lowest BCUT2D eigenvalue weighted by Gasteiger charge is -2.28. The van der Waals surface area contributed by atoms with Gasteiger partial charge < -0.3 is 4.74 Å². The molecule has 1 aromatic carbocycles. The Labute approximate surface area is 213 Å². The molecule has 3 fully saturated rings. The minimum Gasteiger partial charge on any atom is -0.456 e. The molecule has 0 unspecified atom stereocenters. The predicted molar refractivity (Wildman–Crippen MR) is 127 cm³/mol. The highest BCUT2D eigenvalue weighted by atomic mass is 79.9. The quantitative estimate of drug-likeness (QED) is 0.112. The topological polar surface area (TPSA) is 124 Å². The van der Waals surface area contributed by atoms with Crippen LogP contribution in [0.4, 0.5) is 5.69 Å². The van der Waals surface area contributed by atoms with E-state index in [0.29, 0.717) is 0 Å². The molecule has 7 atom stereocenters. The summed E-state index contributed by atoms with van der Waals surface area (Å²) in [7, 11) is 0. The van der Waals surface area contributed by atoms with E-state index in [1.165, 1.54) is 18.2 Å². The van der Waals surface area contributed by atoms with Gasteiger partial charge in [-0.05, 0) is 30.6 Å². The number of alkyl halides is 2. The molecule has 4 rings (SSSR count). The molecular weight excluding hydrogens is 576 g/mol. The Kier molecular flexibility index (Phi) is 6.97. The summed E-state index contributed by atoms with van der Waals surface area (Å²) in [4.78, 5) is 63.8. The number of nitrogens with zero attached hydrogens (tertiary/aromatic N) is 2. The van der Waals surface area contributed by atoms with Gasteiger partial charge in [0.1, 0.15) is 6.04 Å². The lowest BCUT2D eigenvalue weighted by atomic mass is 9.81. The first-order valence-corrected chi connectivity index (χ1v) is 12.9. The number of halogens is 2. The molecule has 1 saturated heterocycles. The summed E-state index contributed by atoms with van der Waals surface area (Å²) in [6.45, 7) is 3.09. The zero-order valence-corrected chi connectivity index (χ0v) is 21.7. The lowest BCUT2D eigenvalue weighted by molar-refractivity contribution is -0.384. The van der Waals surface area contributed by atoms with Crippen LogP contribution in [0.2, 0.25) is 0 Å². The fourth-order valence-electron chi connectivity index (χ4n) is 5.54. The Morgan fingerprint density at radius 3 is 2.26 bits per heavy atom. The Bertz CT molecular complexity index is 1030. The number of amides is 2. The van der Waals surface area contributed by atoms with Crippen molar-refractivity contribution in [2.45, 2.75) is 42.4 Å². The molecule has 1 heterocycles. The number of nitro benzene ring substituents is 1. The zero-order valence-electron chi connectivity index (χ0n) is 18.6. The van der Waals surface area contributed by atoms with E-state index in [9.17, 15) is 29.3 Å². The fraction of sp³-hybridized carbons (Fsp3) is 0.565. The van der Waals surface area contributed by atoms with Gasteiger partial charge in [0.05, 0.1) is 16.8 Å². The average molecular weight is 600 g/mol. The molecule has 0 aromatic heterocycles. The third-order valence-electron chi connectivity index (χ3n) is 7.02. The number of hydrogen-bond donors (Lipinski definition) is 0. The fourth-order valence-corrected chi connectivity index (χ4v) is 7.42. The van der Waals surface area contributed by atoms with Gasteiger partial charge in [-0.3, -0.25) is 29.4 Å².